The van der Waals surface area contributed by atoms with Crippen molar-refractivity contribution in [1.29, 1.82) is 0 Å². The van der Waals surface area contributed by atoms with Crippen LogP contribution in [0.2, 0.25) is 5.02 Å². The monoisotopic (exact) mass is 306 g/mol. The number of anilines is 1. The number of hydrogen-bond acceptors (Lipinski definition) is 2. The molecule has 2 aromatic carbocycles. The van der Waals surface area contributed by atoms with Crippen LogP contribution >= 0.6 is 11.6 Å². The van der Waals surface area contributed by atoms with Gasteiger partial charge in [0.2, 0.25) is 5.91 Å². The molecule has 0 fully saturated rings. The zero-order valence-corrected chi connectivity index (χ0v) is 11.9. The number of nitrogens with one attached hydrogen (secondary N) is 1. The van der Waals surface area contributed by atoms with Crippen LogP contribution in [0.15, 0.2) is 36.4 Å². The van der Waals surface area contributed by atoms with E-state index in [1.807, 2.05) is 0 Å². The average Bonchev–Trinajstić information content (AvgIpc) is 2.43. The molecule has 0 aliphatic rings. The predicted molar refractivity (Wildman–Crippen MR) is 79.1 cm³/mol. The molecule has 0 unspecified atom stereocenters. The van der Waals surface area contributed by atoms with Crippen molar-refractivity contribution in [2.45, 2.75) is 6.92 Å². The van der Waals surface area contributed by atoms with Gasteiger partial charge in [0.15, 0.2) is 0 Å². The summed E-state index contributed by atoms with van der Waals surface area (Å²) in [5.74, 6) is -1.47. The number of carbonyl (C=O) groups excluding carboxylic acids is 2. The maximum atomic E-state index is 13.2. The van der Waals surface area contributed by atoms with Crippen LogP contribution in [-0.2, 0) is 0 Å². The third-order valence-corrected chi connectivity index (χ3v) is 3.25. The third kappa shape index (κ3) is 3.38. The lowest BCUT2D eigenvalue weighted by molar-refractivity contribution is 0.0996. The van der Waals surface area contributed by atoms with Gasteiger partial charge in [-0.3, -0.25) is 9.59 Å². The van der Waals surface area contributed by atoms with E-state index in [0.29, 0.717) is 5.56 Å². The maximum absolute atomic E-state index is 13.2. The topological polar surface area (TPSA) is 72.2 Å². The Kier molecular flexibility index (Phi) is 4.23. The second-order valence-electron chi connectivity index (χ2n) is 4.48. The van der Waals surface area contributed by atoms with E-state index in [2.05, 4.69) is 5.32 Å². The summed E-state index contributed by atoms with van der Waals surface area (Å²) in [4.78, 5) is 23.2. The fourth-order valence-electron chi connectivity index (χ4n) is 1.75. The molecule has 21 heavy (non-hydrogen) atoms. The first-order valence-electron chi connectivity index (χ1n) is 6.05. The van der Waals surface area contributed by atoms with E-state index >= 15 is 0 Å². The molecule has 2 rings (SSSR count). The van der Waals surface area contributed by atoms with Gasteiger partial charge in [0.05, 0.1) is 10.7 Å². The minimum Gasteiger partial charge on any atom is -0.366 e. The van der Waals surface area contributed by atoms with E-state index in [9.17, 15) is 14.0 Å². The molecule has 2 amide bonds. The van der Waals surface area contributed by atoms with Gasteiger partial charge in [0.1, 0.15) is 5.82 Å². The highest BCUT2D eigenvalue weighted by Gasteiger charge is 2.12. The molecule has 6 heteroatoms. The van der Waals surface area contributed by atoms with Crippen molar-refractivity contribution in [2.75, 3.05) is 5.32 Å². The number of amides is 2. The van der Waals surface area contributed by atoms with Gasteiger partial charge in [0, 0.05) is 11.1 Å². The lowest BCUT2D eigenvalue weighted by atomic mass is 10.1. The van der Waals surface area contributed by atoms with Crippen LogP contribution in [0.3, 0.4) is 0 Å². The number of carbonyl (C=O) groups is 2. The number of benzene rings is 2. The van der Waals surface area contributed by atoms with Crippen molar-refractivity contribution in [2.24, 2.45) is 5.73 Å². The predicted octanol–water partition coefficient (Wildman–Crippen LogP) is 3.14. The van der Waals surface area contributed by atoms with Gasteiger partial charge in [-0.15, -0.1) is 0 Å². The van der Waals surface area contributed by atoms with E-state index < -0.39 is 11.8 Å². The number of aryl methyl sites for hydroxylation is 1. The Hall–Kier alpha value is -2.40. The van der Waals surface area contributed by atoms with Crippen LogP contribution in [0.1, 0.15) is 26.3 Å². The lowest BCUT2D eigenvalue weighted by Gasteiger charge is -2.09. The molecule has 0 spiro atoms. The van der Waals surface area contributed by atoms with E-state index in [1.54, 1.807) is 6.92 Å². The first-order valence-corrected chi connectivity index (χ1v) is 6.43. The largest absolute Gasteiger partial charge is 0.366 e. The SMILES string of the molecule is Cc1cc(C(=O)Nc2cc(C(N)=O)ccc2Cl)ccc1F. The standard InChI is InChI=1S/C15H12ClFN2O2/c1-8-6-10(3-5-12(8)17)15(21)19-13-7-9(14(18)20)2-4-11(13)16/h2-7H,1H3,(H2,18,20)(H,19,21). The number of halogens is 2. The molecule has 0 radical (unpaired) electrons. The number of primary amides is 1. The second kappa shape index (κ2) is 5.93. The van der Waals surface area contributed by atoms with Crippen LogP contribution < -0.4 is 11.1 Å². The number of nitrogens with two attached hydrogens (primary N) is 1. The molecule has 108 valence electrons. The first-order chi connectivity index (χ1) is 9.88. The molecular formula is C15H12ClFN2O2. The summed E-state index contributed by atoms with van der Waals surface area (Å²) in [6.07, 6.45) is 0. The van der Waals surface area contributed by atoms with E-state index in [4.69, 9.17) is 17.3 Å². The molecule has 3 N–H and O–H groups in total. The summed E-state index contributed by atoms with van der Waals surface area (Å²) in [5.41, 5.74) is 6.31. The Bertz CT molecular complexity index is 732. The number of rotatable bonds is 3. The highest BCUT2D eigenvalue weighted by molar-refractivity contribution is 6.34. The molecule has 0 saturated heterocycles. The zero-order valence-electron chi connectivity index (χ0n) is 11.1. The Morgan fingerprint density at radius 3 is 2.43 bits per heavy atom. The third-order valence-electron chi connectivity index (χ3n) is 2.92. The van der Waals surface area contributed by atoms with Crippen molar-refractivity contribution < 1.29 is 14.0 Å². The highest BCUT2D eigenvalue weighted by Crippen LogP contribution is 2.23. The second-order valence-corrected chi connectivity index (χ2v) is 4.88. The van der Waals surface area contributed by atoms with Crippen LogP contribution in [0.5, 0.6) is 0 Å². The van der Waals surface area contributed by atoms with Crippen molar-refractivity contribution in [3.05, 3.63) is 63.9 Å². The molecule has 4 nitrogen and oxygen atoms in total. The summed E-state index contributed by atoms with van der Waals surface area (Å²) in [6, 6.07) is 8.32. The first kappa shape index (κ1) is 15.0. The van der Waals surface area contributed by atoms with Gasteiger partial charge >= 0.3 is 0 Å². The van der Waals surface area contributed by atoms with Crippen LogP contribution in [0.4, 0.5) is 10.1 Å². The van der Waals surface area contributed by atoms with E-state index in [0.717, 1.165) is 0 Å². The molecule has 0 aliphatic carbocycles. The highest BCUT2D eigenvalue weighted by atomic mass is 35.5. The average molecular weight is 307 g/mol. The van der Waals surface area contributed by atoms with Gasteiger partial charge in [0.25, 0.3) is 5.91 Å². The number of hydrogen-bond donors (Lipinski definition) is 2. The van der Waals surface area contributed by atoms with Crippen molar-refractivity contribution in [3.8, 4) is 0 Å². The van der Waals surface area contributed by atoms with Gasteiger partial charge < -0.3 is 11.1 Å². The molecule has 0 aliphatic heterocycles. The van der Waals surface area contributed by atoms with E-state index in [-0.39, 0.29) is 27.7 Å². The smallest absolute Gasteiger partial charge is 0.255 e. The van der Waals surface area contributed by atoms with E-state index in [1.165, 1.54) is 36.4 Å². The summed E-state index contributed by atoms with van der Waals surface area (Å²) in [7, 11) is 0. The molecule has 0 atom stereocenters. The quantitative estimate of drug-likeness (QED) is 0.914. The summed E-state index contributed by atoms with van der Waals surface area (Å²) < 4.78 is 13.2. The van der Waals surface area contributed by atoms with Crippen LogP contribution in [-0.4, -0.2) is 11.8 Å². The molecule has 2 aromatic rings. The van der Waals surface area contributed by atoms with Crippen LogP contribution in [0, 0.1) is 12.7 Å². The van der Waals surface area contributed by atoms with Crippen molar-refractivity contribution in [1.82, 2.24) is 0 Å². The van der Waals surface area contributed by atoms with Gasteiger partial charge in [-0.2, -0.15) is 0 Å². The maximum Gasteiger partial charge on any atom is 0.255 e. The minimum absolute atomic E-state index is 0.227. The molecular weight excluding hydrogens is 295 g/mol. The minimum atomic E-state index is -0.625. The van der Waals surface area contributed by atoms with Crippen molar-refractivity contribution in [3.63, 3.8) is 0 Å². The van der Waals surface area contributed by atoms with Gasteiger partial charge in [-0.25, -0.2) is 4.39 Å². The van der Waals surface area contributed by atoms with Gasteiger partial charge in [-0.05, 0) is 48.9 Å². The normalized spacial score (nSPS) is 10.2. The Balaban J connectivity index is 2.28. The Morgan fingerprint density at radius 2 is 1.81 bits per heavy atom. The fraction of sp³-hybridized carbons (Fsp3) is 0.0667. The Labute approximate surface area is 125 Å². The zero-order chi connectivity index (χ0) is 15.6. The Morgan fingerprint density at radius 1 is 1.14 bits per heavy atom. The van der Waals surface area contributed by atoms with Crippen LogP contribution in [0.25, 0.3) is 0 Å². The van der Waals surface area contributed by atoms with Crippen molar-refractivity contribution >= 4 is 29.1 Å². The van der Waals surface area contributed by atoms with Gasteiger partial charge in [-0.1, -0.05) is 11.6 Å². The molecule has 0 saturated carbocycles. The fourth-order valence-corrected chi connectivity index (χ4v) is 1.92. The summed E-state index contributed by atoms with van der Waals surface area (Å²) >= 11 is 5.96. The lowest BCUT2D eigenvalue weighted by Crippen LogP contribution is -2.15. The summed E-state index contributed by atoms with van der Waals surface area (Å²) in [6.45, 7) is 1.56. The molecule has 0 bridgehead atoms. The molecule has 0 heterocycles. The molecule has 0 aromatic heterocycles. The summed E-state index contributed by atoms with van der Waals surface area (Å²) in [5, 5.41) is 2.84.